The van der Waals surface area contributed by atoms with Crippen LogP contribution in [0.4, 0.5) is 11.8 Å². The van der Waals surface area contributed by atoms with E-state index in [0.717, 1.165) is 74.1 Å². The van der Waals surface area contributed by atoms with E-state index in [1.165, 1.54) is 0 Å². The van der Waals surface area contributed by atoms with Crippen LogP contribution >= 0.6 is 0 Å². The van der Waals surface area contributed by atoms with Gasteiger partial charge < -0.3 is 24.6 Å². The maximum Gasteiger partial charge on any atom is 0.251 e. The SMILES string of the molecule is CNC(=O)c1cccc(-c2ccc3c(N4CCOC[C@@H]4C)nc(N4CC5(CCOCC5)C4)nc3n2)c1. The van der Waals surface area contributed by atoms with Crippen LogP contribution in [0.2, 0.25) is 0 Å². The van der Waals surface area contributed by atoms with Crippen LogP contribution in [0.3, 0.4) is 0 Å². The summed E-state index contributed by atoms with van der Waals surface area (Å²) in [6, 6.07) is 11.8. The Kier molecular flexibility index (Phi) is 5.97. The predicted molar refractivity (Wildman–Crippen MR) is 138 cm³/mol. The van der Waals surface area contributed by atoms with Gasteiger partial charge in [-0.2, -0.15) is 9.97 Å². The lowest BCUT2D eigenvalue weighted by molar-refractivity contribution is -0.000720. The van der Waals surface area contributed by atoms with Crippen LogP contribution in [-0.4, -0.2) is 80.0 Å². The highest BCUT2D eigenvalue weighted by Gasteiger charge is 2.45. The summed E-state index contributed by atoms with van der Waals surface area (Å²) in [6.45, 7) is 7.87. The molecule has 1 N–H and O–H groups in total. The number of nitrogens with zero attached hydrogens (tertiary/aromatic N) is 5. The average molecular weight is 489 g/mol. The molecule has 1 spiro atoms. The minimum absolute atomic E-state index is 0.120. The molecule has 3 saturated heterocycles. The minimum atomic E-state index is -0.120. The maximum absolute atomic E-state index is 12.2. The number of hydrogen-bond donors (Lipinski definition) is 1. The molecule has 2 aromatic heterocycles. The quantitative estimate of drug-likeness (QED) is 0.599. The fourth-order valence-corrected chi connectivity index (χ4v) is 5.54. The van der Waals surface area contributed by atoms with Gasteiger partial charge in [0.25, 0.3) is 5.91 Å². The third-order valence-electron chi connectivity index (χ3n) is 7.70. The Morgan fingerprint density at radius 2 is 1.89 bits per heavy atom. The van der Waals surface area contributed by atoms with E-state index in [0.29, 0.717) is 29.8 Å². The first kappa shape index (κ1) is 23.1. The van der Waals surface area contributed by atoms with Gasteiger partial charge in [0.05, 0.1) is 30.3 Å². The summed E-state index contributed by atoms with van der Waals surface area (Å²) in [5.41, 5.74) is 3.25. The average Bonchev–Trinajstić information content (AvgIpc) is 2.91. The zero-order valence-electron chi connectivity index (χ0n) is 20.9. The molecule has 0 radical (unpaired) electrons. The van der Waals surface area contributed by atoms with Crippen molar-refractivity contribution in [1.82, 2.24) is 20.3 Å². The molecule has 36 heavy (non-hydrogen) atoms. The number of aromatic nitrogens is 3. The van der Waals surface area contributed by atoms with Crippen LogP contribution in [-0.2, 0) is 9.47 Å². The summed E-state index contributed by atoms with van der Waals surface area (Å²) in [5, 5.41) is 3.62. The molecule has 3 aliphatic heterocycles. The molecule has 1 aromatic carbocycles. The Bertz CT molecular complexity index is 1280. The van der Waals surface area contributed by atoms with Crippen LogP contribution in [0, 0.1) is 5.41 Å². The third-order valence-corrected chi connectivity index (χ3v) is 7.70. The molecule has 0 saturated carbocycles. The Morgan fingerprint density at radius 1 is 1.06 bits per heavy atom. The van der Waals surface area contributed by atoms with Crippen LogP contribution in [0.1, 0.15) is 30.1 Å². The van der Waals surface area contributed by atoms with Gasteiger partial charge in [0.15, 0.2) is 5.65 Å². The van der Waals surface area contributed by atoms with Crippen molar-refractivity contribution in [3.63, 3.8) is 0 Å². The molecule has 5 heterocycles. The molecule has 9 nitrogen and oxygen atoms in total. The van der Waals surface area contributed by atoms with Gasteiger partial charge >= 0.3 is 0 Å². The topological polar surface area (TPSA) is 92.7 Å². The number of pyridine rings is 1. The summed E-state index contributed by atoms with van der Waals surface area (Å²) in [5.74, 6) is 1.53. The van der Waals surface area contributed by atoms with E-state index in [2.05, 4.69) is 28.1 Å². The Balaban J connectivity index is 1.40. The molecule has 0 unspecified atom stereocenters. The Morgan fingerprint density at radius 3 is 2.67 bits per heavy atom. The molecule has 188 valence electrons. The monoisotopic (exact) mass is 488 g/mol. The van der Waals surface area contributed by atoms with Gasteiger partial charge in [-0.15, -0.1) is 0 Å². The molecule has 1 atom stereocenters. The van der Waals surface area contributed by atoms with Crippen molar-refractivity contribution in [2.45, 2.75) is 25.8 Å². The first-order valence-corrected chi connectivity index (χ1v) is 12.7. The van der Waals surface area contributed by atoms with Crippen molar-refractivity contribution in [1.29, 1.82) is 0 Å². The summed E-state index contributed by atoms with van der Waals surface area (Å²) in [4.78, 5) is 31.8. The zero-order chi connectivity index (χ0) is 24.7. The highest BCUT2D eigenvalue weighted by molar-refractivity contribution is 5.95. The number of benzene rings is 1. The Labute approximate surface area is 210 Å². The van der Waals surface area contributed by atoms with E-state index in [1.54, 1.807) is 13.1 Å². The number of hydrogen-bond acceptors (Lipinski definition) is 8. The molecule has 0 aliphatic carbocycles. The van der Waals surface area contributed by atoms with E-state index in [1.807, 2.05) is 24.3 Å². The van der Waals surface area contributed by atoms with Gasteiger partial charge in [0.1, 0.15) is 5.82 Å². The smallest absolute Gasteiger partial charge is 0.251 e. The molecule has 3 aromatic rings. The number of nitrogens with one attached hydrogen (secondary N) is 1. The lowest BCUT2D eigenvalue weighted by Gasteiger charge is -2.52. The van der Waals surface area contributed by atoms with Crippen molar-refractivity contribution in [2.24, 2.45) is 5.41 Å². The molecular weight excluding hydrogens is 456 g/mol. The van der Waals surface area contributed by atoms with E-state index >= 15 is 0 Å². The van der Waals surface area contributed by atoms with E-state index in [4.69, 9.17) is 24.4 Å². The van der Waals surface area contributed by atoms with Crippen LogP contribution in [0.5, 0.6) is 0 Å². The number of carbonyl (C=O) groups excluding carboxylic acids is 1. The lowest BCUT2D eigenvalue weighted by atomic mass is 9.73. The van der Waals surface area contributed by atoms with E-state index < -0.39 is 0 Å². The fraction of sp³-hybridized carbons (Fsp3) is 0.481. The standard InChI is InChI=1S/C27H32N6O3/c1-18-15-36-13-10-33(18)24-21-6-7-22(19-4-3-5-20(14-19)25(34)28-2)29-23(21)30-26(31-24)32-16-27(17-32)8-11-35-12-9-27/h3-7,14,18H,8-13,15-17H2,1-2H3,(H,28,34)/t18-/m0/s1. The summed E-state index contributed by atoms with van der Waals surface area (Å²) in [7, 11) is 1.64. The van der Waals surface area contributed by atoms with E-state index in [-0.39, 0.29) is 11.9 Å². The molecule has 3 fully saturated rings. The van der Waals surface area contributed by atoms with Crippen molar-refractivity contribution in [3.05, 3.63) is 42.0 Å². The number of anilines is 2. The van der Waals surface area contributed by atoms with Gasteiger partial charge in [0.2, 0.25) is 5.95 Å². The minimum Gasteiger partial charge on any atom is -0.381 e. The number of amides is 1. The molecular formula is C27H32N6O3. The van der Waals surface area contributed by atoms with Gasteiger partial charge in [0, 0.05) is 56.4 Å². The van der Waals surface area contributed by atoms with Crippen molar-refractivity contribution >= 4 is 28.7 Å². The first-order chi connectivity index (χ1) is 17.5. The van der Waals surface area contributed by atoms with Gasteiger partial charge in [-0.1, -0.05) is 12.1 Å². The van der Waals surface area contributed by atoms with E-state index in [9.17, 15) is 4.79 Å². The molecule has 3 aliphatic rings. The zero-order valence-corrected chi connectivity index (χ0v) is 20.9. The molecule has 6 rings (SSSR count). The molecule has 0 bridgehead atoms. The molecule has 1 amide bonds. The maximum atomic E-state index is 12.2. The van der Waals surface area contributed by atoms with Gasteiger partial charge in [-0.25, -0.2) is 4.98 Å². The number of rotatable bonds is 4. The summed E-state index contributed by atoms with van der Waals surface area (Å²) < 4.78 is 11.3. The first-order valence-electron chi connectivity index (χ1n) is 12.7. The van der Waals surface area contributed by atoms with Crippen LogP contribution < -0.4 is 15.1 Å². The number of morpholine rings is 1. The highest BCUT2D eigenvalue weighted by atomic mass is 16.5. The number of carbonyl (C=O) groups is 1. The summed E-state index contributed by atoms with van der Waals surface area (Å²) >= 11 is 0. The summed E-state index contributed by atoms with van der Waals surface area (Å²) in [6.07, 6.45) is 2.18. The van der Waals surface area contributed by atoms with Crippen LogP contribution in [0.15, 0.2) is 36.4 Å². The number of ether oxygens (including phenoxy) is 2. The second kappa shape index (κ2) is 9.29. The predicted octanol–water partition coefficient (Wildman–Crippen LogP) is 2.89. The second-order valence-electron chi connectivity index (χ2n) is 10.2. The van der Waals surface area contributed by atoms with Crippen molar-refractivity contribution < 1.29 is 14.3 Å². The highest BCUT2D eigenvalue weighted by Crippen LogP contribution is 2.42. The third kappa shape index (κ3) is 4.16. The number of fused-ring (bicyclic) bond motifs is 1. The largest absolute Gasteiger partial charge is 0.381 e. The van der Waals surface area contributed by atoms with Gasteiger partial charge in [-0.05, 0) is 44.0 Å². The molecule has 9 heteroatoms. The van der Waals surface area contributed by atoms with Gasteiger partial charge in [-0.3, -0.25) is 4.79 Å². The Hall–Kier alpha value is -3.30. The van der Waals surface area contributed by atoms with Crippen molar-refractivity contribution in [2.75, 3.05) is 62.9 Å². The normalized spacial score (nSPS) is 21.4. The lowest BCUT2D eigenvalue weighted by Crippen LogP contribution is -2.59. The van der Waals surface area contributed by atoms with Crippen LogP contribution in [0.25, 0.3) is 22.3 Å². The second-order valence-corrected chi connectivity index (χ2v) is 10.2. The fourth-order valence-electron chi connectivity index (χ4n) is 5.54. The van der Waals surface area contributed by atoms with Crippen molar-refractivity contribution in [3.8, 4) is 11.3 Å².